The molecule has 9 amide bonds. The molecule has 0 unspecified atom stereocenters. The van der Waals surface area contributed by atoms with Crippen LogP contribution in [0.4, 0.5) is 0 Å². The second-order valence-electron chi connectivity index (χ2n) is 19.5. The van der Waals surface area contributed by atoms with Crippen LogP contribution in [0.1, 0.15) is 102 Å². The molecule has 27 N–H and O–H groups in total. The van der Waals surface area contributed by atoms with Gasteiger partial charge in [0.2, 0.25) is 53.2 Å². The number of nitrogens with one attached hydrogen (secondary N) is 13. The number of primary amides is 1. The van der Waals surface area contributed by atoms with Crippen molar-refractivity contribution >= 4 is 87.7 Å². The highest BCUT2D eigenvalue weighted by atomic mass is 32.2. The Balaban J connectivity index is 2.56. The molecular weight excluding hydrogens is 1070 g/mol. The summed E-state index contributed by atoms with van der Waals surface area (Å²) < 4.78 is 0. The van der Waals surface area contributed by atoms with Crippen LogP contribution in [0.3, 0.4) is 0 Å². The fourth-order valence-corrected chi connectivity index (χ4v) is 8.96. The highest BCUT2D eigenvalue weighted by Crippen LogP contribution is 2.20. The Morgan fingerprint density at radius 2 is 0.914 bits per heavy atom. The molecule has 2 rings (SSSR count). The molecule has 0 aliphatic rings. The van der Waals surface area contributed by atoms with Crippen molar-refractivity contribution in [2.75, 3.05) is 51.8 Å². The lowest BCUT2D eigenvalue weighted by atomic mass is 10.0. The number of H-pyrrole nitrogens is 1. The molecule has 0 saturated heterocycles. The van der Waals surface area contributed by atoms with E-state index in [0.717, 1.165) is 10.9 Å². The van der Waals surface area contributed by atoms with E-state index in [1.54, 1.807) is 12.5 Å². The summed E-state index contributed by atoms with van der Waals surface area (Å²) in [6.45, 7) is 1.24. The van der Waals surface area contributed by atoms with Gasteiger partial charge in [-0.25, -0.2) is 0 Å². The average molecular weight is 1160 g/mol. The topological polar surface area (TPSA) is 520 Å². The zero-order valence-electron chi connectivity index (χ0n) is 46.7. The summed E-state index contributed by atoms with van der Waals surface area (Å²) in [6.07, 6.45) is 6.77. The number of benzene rings is 1. The van der Waals surface area contributed by atoms with E-state index in [-0.39, 0.29) is 82.9 Å². The van der Waals surface area contributed by atoms with E-state index in [1.165, 1.54) is 18.8 Å². The molecule has 0 bridgehead atoms. The van der Waals surface area contributed by atoms with Crippen molar-refractivity contribution in [2.24, 2.45) is 40.1 Å². The Labute approximate surface area is 477 Å². The molecule has 30 heteroatoms. The van der Waals surface area contributed by atoms with Gasteiger partial charge in [0, 0.05) is 43.7 Å². The molecule has 0 fully saturated rings. The molecule has 454 valence electrons. The number of aromatic amines is 1. The van der Waals surface area contributed by atoms with Crippen LogP contribution in [0.5, 0.6) is 0 Å². The van der Waals surface area contributed by atoms with Crippen LogP contribution in [0.15, 0.2) is 30.5 Å². The van der Waals surface area contributed by atoms with Gasteiger partial charge in [-0.15, -0.1) is 0 Å². The van der Waals surface area contributed by atoms with Gasteiger partial charge in [0.25, 0.3) is 0 Å². The molecule has 0 aliphatic heterocycles. The molecule has 0 spiro atoms. The zero-order valence-corrected chi connectivity index (χ0v) is 47.5. The summed E-state index contributed by atoms with van der Waals surface area (Å²) in [4.78, 5) is 127. The van der Waals surface area contributed by atoms with E-state index in [2.05, 4.69) is 58.2 Å². The first-order valence-electron chi connectivity index (χ1n) is 27.4. The van der Waals surface area contributed by atoms with Gasteiger partial charge in [-0.1, -0.05) is 24.6 Å². The molecule has 29 nitrogen and oxygen atoms in total. The second kappa shape index (κ2) is 39.2. The predicted octanol–water partition coefficient (Wildman–Crippen LogP) is -4.28. The zero-order chi connectivity index (χ0) is 60.3. The second-order valence-corrected chi connectivity index (χ2v) is 20.5. The fraction of sp³-hybridized carbons (Fsp3) is 0.627. The number of hydrogen-bond acceptors (Lipinski definition) is 16. The van der Waals surface area contributed by atoms with Crippen molar-refractivity contribution in [3.8, 4) is 0 Å². The fourth-order valence-electron chi connectivity index (χ4n) is 8.49. The van der Waals surface area contributed by atoms with Gasteiger partial charge in [0.05, 0.1) is 12.5 Å². The molecule has 0 radical (unpaired) electrons. The maximum absolute atomic E-state index is 14.7. The number of likely N-dealkylation sites (N-methyl/N-ethyl adjacent to an activating group) is 1. The van der Waals surface area contributed by atoms with Crippen molar-refractivity contribution in [3.63, 3.8) is 0 Å². The van der Waals surface area contributed by atoms with Crippen molar-refractivity contribution < 1.29 is 43.2 Å². The molecule has 1 heterocycles. The van der Waals surface area contributed by atoms with E-state index in [4.69, 9.17) is 51.0 Å². The number of thioether (sulfide) groups is 1. The summed E-state index contributed by atoms with van der Waals surface area (Å²) in [5.74, 6) is -7.24. The van der Waals surface area contributed by atoms with Crippen LogP contribution in [-0.4, -0.2) is 170 Å². The van der Waals surface area contributed by atoms with E-state index >= 15 is 0 Å². The molecular formula is C51H90N20O9S. The minimum absolute atomic E-state index is 0.0462. The Hall–Kier alpha value is -7.28. The Morgan fingerprint density at radius 3 is 1.35 bits per heavy atom. The van der Waals surface area contributed by atoms with Gasteiger partial charge in [0.1, 0.15) is 42.3 Å². The number of guanidine groups is 2. The summed E-state index contributed by atoms with van der Waals surface area (Å²) in [7, 11) is 1.29. The molecule has 8 atom stereocenters. The van der Waals surface area contributed by atoms with Gasteiger partial charge in [-0.3, -0.25) is 54.0 Å². The summed E-state index contributed by atoms with van der Waals surface area (Å²) in [6, 6.07) is -2.71. The molecule has 1 aromatic carbocycles. The Kier molecular flexibility index (Phi) is 33.8. The smallest absolute Gasteiger partial charge is 0.243 e. The third kappa shape index (κ3) is 27.2. The number of carbonyl (C=O) groups is 9. The SMILES string of the molecule is CNC(=O)[C@H](CC(N)=O)NC(=O)[C@H](CCCNC(=N)N)NC(=O)[C@H](CCCNC(=N)N)NC(=O)[C@H](CCSC)NC(=O)[C@H](CCCCN)NC(=O)[C@H](Cc1c[nH]c2ccccc12)NC(=O)[C@H](CCCCN)NC(=O)[C@@H](N)CCCCN. The van der Waals surface area contributed by atoms with E-state index in [1.807, 2.05) is 24.3 Å². The highest BCUT2D eigenvalue weighted by molar-refractivity contribution is 7.98. The van der Waals surface area contributed by atoms with Crippen molar-refractivity contribution in [3.05, 3.63) is 36.0 Å². The maximum Gasteiger partial charge on any atom is 0.243 e. The third-order valence-corrected chi connectivity index (χ3v) is 13.6. The van der Waals surface area contributed by atoms with Gasteiger partial charge in [0.15, 0.2) is 11.9 Å². The number of fused-ring (bicyclic) bond motifs is 1. The maximum atomic E-state index is 14.7. The third-order valence-electron chi connectivity index (χ3n) is 13.0. The standard InChI is InChI=1S/C51H90N20O9S/c1-61-43(74)40(28-41(56)72)71-47(78)37(19-12-25-63-51(59)60)66-45(76)36(18-11-24-62-50(57)58)67-48(79)38(20-26-81-2)69-44(75)35(17-7-10-23-54)68-49(80)39(27-30-29-64-33-15-4-3-13-31(30)33)70-46(77)34(16-6-9-22-53)65-42(73)32(55)14-5-8-21-52/h3-4,13,15,29,32,34-40,64H,5-12,14,16-28,52-55H2,1-2H3,(H2,56,72)(H,61,74)(H,65,73)(H,66,76)(H,67,79)(H,68,80)(H,69,75)(H,70,77)(H,71,78)(H4,57,58,62)(H4,59,60,63)/t32-,34-,35-,36-,37-,38-,39-,40-/m0/s1. The number of para-hydroxylation sites is 1. The van der Waals surface area contributed by atoms with Crippen LogP contribution in [0.25, 0.3) is 10.9 Å². The van der Waals surface area contributed by atoms with E-state index in [9.17, 15) is 43.2 Å². The van der Waals surface area contributed by atoms with Crippen molar-refractivity contribution in [1.82, 2.24) is 58.2 Å². The summed E-state index contributed by atoms with van der Waals surface area (Å²) in [5.41, 5.74) is 41.2. The quantitative estimate of drug-likeness (QED) is 0.0170. The van der Waals surface area contributed by atoms with Crippen LogP contribution < -0.4 is 93.3 Å². The number of carbonyl (C=O) groups excluding carboxylic acids is 9. The molecule has 1 aromatic heterocycles. The first kappa shape index (κ1) is 69.8. The number of amides is 9. The lowest BCUT2D eigenvalue weighted by Gasteiger charge is -2.28. The molecule has 0 aliphatic carbocycles. The molecule has 2 aromatic rings. The number of aromatic nitrogens is 1. The highest BCUT2D eigenvalue weighted by Gasteiger charge is 2.35. The van der Waals surface area contributed by atoms with Crippen LogP contribution >= 0.6 is 11.8 Å². The number of hydrogen-bond donors (Lipinski definition) is 20. The predicted molar refractivity (Wildman–Crippen MR) is 311 cm³/mol. The van der Waals surface area contributed by atoms with E-state index in [0.29, 0.717) is 69.4 Å². The van der Waals surface area contributed by atoms with Crippen LogP contribution in [0, 0.1) is 10.8 Å². The summed E-state index contributed by atoms with van der Waals surface area (Å²) in [5, 5.41) is 42.4. The normalized spacial score (nSPS) is 14.0. The molecule has 81 heavy (non-hydrogen) atoms. The van der Waals surface area contributed by atoms with Crippen molar-refractivity contribution in [1.29, 1.82) is 10.8 Å². The largest absolute Gasteiger partial charge is 0.370 e. The van der Waals surface area contributed by atoms with Gasteiger partial charge in [-0.2, -0.15) is 11.8 Å². The summed E-state index contributed by atoms with van der Waals surface area (Å²) >= 11 is 1.37. The number of rotatable bonds is 42. The van der Waals surface area contributed by atoms with Gasteiger partial charge in [-0.05, 0) is 127 Å². The van der Waals surface area contributed by atoms with Gasteiger partial charge >= 0.3 is 0 Å². The van der Waals surface area contributed by atoms with Crippen LogP contribution in [0.2, 0.25) is 0 Å². The minimum atomic E-state index is -1.40. The van der Waals surface area contributed by atoms with Crippen molar-refractivity contribution in [2.45, 2.75) is 151 Å². The average Bonchev–Trinajstić information content (AvgIpc) is 3.84. The first-order valence-corrected chi connectivity index (χ1v) is 28.8. The van der Waals surface area contributed by atoms with E-state index < -0.39 is 108 Å². The Morgan fingerprint density at radius 1 is 0.519 bits per heavy atom. The number of nitrogens with two attached hydrogens (primary N) is 7. The van der Waals surface area contributed by atoms with Crippen LogP contribution in [-0.2, 0) is 49.6 Å². The Bertz CT molecular complexity index is 2360. The van der Waals surface area contributed by atoms with Gasteiger partial charge < -0.3 is 98.3 Å². The lowest BCUT2D eigenvalue weighted by Crippen LogP contribution is -2.60. The lowest BCUT2D eigenvalue weighted by molar-refractivity contribution is -0.136. The molecule has 0 saturated carbocycles. The number of unbranched alkanes of at least 4 members (excludes halogenated alkanes) is 3. The minimum Gasteiger partial charge on any atom is -0.370 e. The monoisotopic (exact) mass is 1160 g/mol. The first-order chi connectivity index (χ1) is 38.7.